The monoisotopic (exact) mass is 380 g/mol. The lowest BCUT2D eigenvalue weighted by molar-refractivity contribution is -0.121. The van der Waals surface area contributed by atoms with Crippen LogP contribution in [0, 0.1) is 33.7 Å². The fraction of sp³-hybridized carbons (Fsp3) is 0.706. The van der Waals surface area contributed by atoms with Crippen LogP contribution in [0.3, 0.4) is 0 Å². The van der Waals surface area contributed by atoms with Gasteiger partial charge in [-0.25, -0.2) is 0 Å². The van der Waals surface area contributed by atoms with Crippen LogP contribution in [0.15, 0.2) is 0 Å². The lowest BCUT2D eigenvalue weighted by atomic mass is 9.87. The molecule has 9 heteroatoms. The van der Waals surface area contributed by atoms with Crippen molar-refractivity contribution in [2.45, 2.75) is 53.4 Å². The average molecular weight is 381 g/mol. The first-order valence-corrected chi connectivity index (χ1v) is 8.80. The van der Waals surface area contributed by atoms with Crippen molar-refractivity contribution in [1.82, 2.24) is 21.3 Å². The molecule has 0 aromatic carbocycles. The molecule has 0 saturated carbocycles. The molecule has 0 fully saturated rings. The summed E-state index contributed by atoms with van der Waals surface area (Å²) in [5.41, 5.74) is -0.327. The molecule has 0 saturated heterocycles. The topological polar surface area (TPSA) is 130 Å². The van der Waals surface area contributed by atoms with Crippen molar-refractivity contribution in [1.29, 1.82) is 10.5 Å². The first-order chi connectivity index (χ1) is 12.0. The Bertz CT molecular complexity index is 539. The zero-order chi connectivity index (χ0) is 20.2. The van der Waals surface area contributed by atoms with Crippen LogP contribution in [0.4, 0.5) is 0 Å². The summed E-state index contributed by atoms with van der Waals surface area (Å²) < 4.78 is 0. The Labute approximate surface area is 160 Å². The van der Waals surface area contributed by atoms with Crippen molar-refractivity contribution in [2.75, 3.05) is 13.1 Å². The molecule has 0 aliphatic carbocycles. The second-order valence-corrected chi connectivity index (χ2v) is 8.09. The fourth-order valence-electron chi connectivity index (χ4n) is 2.03. The standard InChI is InChI=1S/C17H28N6O2S/c1-16(2,7-5-13(24)22-11-18)9-20-15(26)21-10-17(3,4)8-6-14(25)23-12-19/h5-10H2,1-4H3,(H,22,24)(H,23,25)(H2,20,21,26). The highest BCUT2D eigenvalue weighted by Gasteiger charge is 2.22. The summed E-state index contributed by atoms with van der Waals surface area (Å²) in [5.74, 6) is -0.577. The molecule has 0 spiro atoms. The molecule has 0 rings (SSSR count). The molecule has 0 atom stereocenters. The zero-order valence-electron chi connectivity index (χ0n) is 15.9. The number of nitriles is 2. The van der Waals surface area contributed by atoms with E-state index in [0.29, 0.717) is 31.0 Å². The molecule has 26 heavy (non-hydrogen) atoms. The second-order valence-electron chi connectivity index (χ2n) is 7.68. The summed E-state index contributed by atoms with van der Waals surface area (Å²) in [5, 5.41) is 27.8. The van der Waals surface area contributed by atoms with Gasteiger partial charge in [-0.05, 0) is 35.9 Å². The summed E-state index contributed by atoms with van der Waals surface area (Å²) in [6.07, 6.45) is 5.04. The summed E-state index contributed by atoms with van der Waals surface area (Å²) >= 11 is 5.28. The lowest BCUT2D eigenvalue weighted by Crippen LogP contribution is -2.44. The molecule has 0 aromatic heterocycles. The van der Waals surface area contributed by atoms with Crippen LogP contribution < -0.4 is 21.3 Å². The van der Waals surface area contributed by atoms with E-state index in [0.717, 1.165) is 0 Å². The van der Waals surface area contributed by atoms with Crippen LogP contribution in [0.2, 0.25) is 0 Å². The van der Waals surface area contributed by atoms with E-state index in [1.165, 1.54) is 0 Å². The van der Waals surface area contributed by atoms with E-state index in [1.807, 2.05) is 27.7 Å². The van der Waals surface area contributed by atoms with Crippen molar-refractivity contribution in [3.05, 3.63) is 0 Å². The zero-order valence-corrected chi connectivity index (χ0v) is 16.7. The smallest absolute Gasteiger partial charge is 0.232 e. The maximum absolute atomic E-state index is 11.4. The van der Waals surface area contributed by atoms with Gasteiger partial charge in [0.05, 0.1) is 0 Å². The van der Waals surface area contributed by atoms with E-state index in [4.69, 9.17) is 22.7 Å². The van der Waals surface area contributed by atoms with Crippen molar-refractivity contribution < 1.29 is 9.59 Å². The molecule has 2 amide bonds. The van der Waals surface area contributed by atoms with Crippen LogP contribution >= 0.6 is 12.2 Å². The number of thiocarbonyl (C=S) groups is 1. The highest BCUT2D eigenvalue weighted by molar-refractivity contribution is 7.80. The average Bonchev–Trinajstić information content (AvgIpc) is 2.56. The number of rotatable bonds is 10. The Balaban J connectivity index is 4.17. The molecular weight excluding hydrogens is 352 g/mol. The third-order valence-corrected chi connectivity index (χ3v) is 4.19. The van der Waals surface area contributed by atoms with Gasteiger partial charge in [0, 0.05) is 25.9 Å². The maximum Gasteiger partial charge on any atom is 0.232 e. The molecular formula is C17H28N6O2S. The van der Waals surface area contributed by atoms with Crippen LogP contribution in [0.1, 0.15) is 53.4 Å². The Hall–Kier alpha value is -2.39. The molecule has 0 aliphatic heterocycles. The SMILES string of the molecule is CC(C)(CCC(=O)NC#N)CNC(=S)NCC(C)(C)CCC(=O)NC#N. The Kier molecular flexibility index (Phi) is 10.2. The van der Waals surface area contributed by atoms with E-state index < -0.39 is 0 Å². The van der Waals surface area contributed by atoms with Gasteiger partial charge in [0.2, 0.25) is 11.8 Å². The quantitative estimate of drug-likeness (QED) is 0.255. The molecule has 144 valence electrons. The highest BCUT2D eigenvalue weighted by atomic mass is 32.1. The molecule has 0 aromatic rings. The van der Waals surface area contributed by atoms with Crippen LogP contribution in [0.5, 0.6) is 0 Å². The number of amides is 2. The van der Waals surface area contributed by atoms with Crippen molar-refractivity contribution in [3.63, 3.8) is 0 Å². The van der Waals surface area contributed by atoms with Gasteiger partial charge >= 0.3 is 0 Å². The predicted octanol–water partition coefficient (Wildman–Crippen LogP) is 1.26. The Morgan fingerprint density at radius 1 is 0.846 bits per heavy atom. The molecule has 0 radical (unpaired) electrons. The van der Waals surface area contributed by atoms with Gasteiger partial charge in [-0.1, -0.05) is 27.7 Å². The van der Waals surface area contributed by atoms with E-state index >= 15 is 0 Å². The Morgan fingerprint density at radius 3 is 1.50 bits per heavy atom. The van der Waals surface area contributed by atoms with Crippen LogP contribution in [0.25, 0.3) is 0 Å². The molecule has 0 bridgehead atoms. The summed E-state index contributed by atoms with van der Waals surface area (Å²) in [6.45, 7) is 9.23. The van der Waals surface area contributed by atoms with Gasteiger partial charge in [0.15, 0.2) is 17.5 Å². The van der Waals surface area contributed by atoms with Crippen molar-refractivity contribution in [2.24, 2.45) is 10.8 Å². The first-order valence-electron chi connectivity index (χ1n) is 8.39. The predicted molar refractivity (Wildman–Crippen MR) is 102 cm³/mol. The van der Waals surface area contributed by atoms with Gasteiger partial charge in [-0.2, -0.15) is 10.5 Å². The van der Waals surface area contributed by atoms with Gasteiger partial charge in [0.25, 0.3) is 0 Å². The van der Waals surface area contributed by atoms with Gasteiger partial charge < -0.3 is 10.6 Å². The maximum atomic E-state index is 11.4. The number of hydrogen-bond donors (Lipinski definition) is 4. The van der Waals surface area contributed by atoms with E-state index in [2.05, 4.69) is 21.3 Å². The second kappa shape index (κ2) is 11.3. The van der Waals surface area contributed by atoms with E-state index in [1.54, 1.807) is 12.4 Å². The normalized spacial score (nSPS) is 10.8. The summed E-state index contributed by atoms with van der Waals surface area (Å²) in [6, 6.07) is 0. The molecule has 0 aliphatic rings. The minimum Gasteiger partial charge on any atom is -0.362 e. The largest absolute Gasteiger partial charge is 0.362 e. The number of hydrogen-bond acceptors (Lipinski definition) is 5. The summed E-state index contributed by atoms with van der Waals surface area (Å²) in [7, 11) is 0. The minimum atomic E-state index is -0.288. The molecule has 4 N–H and O–H groups in total. The van der Waals surface area contributed by atoms with Crippen LogP contribution in [-0.4, -0.2) is 30.0 Å². The van der Waals surface area contributed by atoms with E-state index in [9.17, 15) is 9.59 Å². The minimum absolute atomic E-state index is 0.163. The van der Waals surface area contributed by atoms with Crippen LogP contribution in [-0.2, 0) is 9.59 Å². The fourth-order valence-corrected chi connectivity index (χ4v) is 2.18. The summed E-state index contributed by atoms with van der Waals surface area (Å²) in [4.78, 5) is 22.7. The first kappa shape index (κ1) is 23.6. The van der Waals surface area contributed by atoms with E-state index in [-0.39, 0.29) is 35.5 Å². The number of nitrogens with one attached hydrogen (secondary N) is 4. The van der Waals surface area contributed by atoms with Gasteiger partial charge in [0.1, 0.15) is 0 Å². The third kappa shape index (κ3) is 12.0. The number of nitrogens with zero attached hydrogens (tertiary/aromatic N) is 2. The third-order valence-electron chi connectivity index (χ3n) is 3.90. The van der Waals surface area contributed by atoms with Crippen molar-refractivity contribution in [3.8, 4) is 12.4 Å². The van der Waals surface area contributed by atoms with Crippen molar-refractivity contribution >= 4 is 29.1 Å². The number of carbonyl (C=O) groups is 2. The highest BCUT2D eigenvalue weighted by Crippen LogP contribution is 2.22. The Morgan fingerprint density at radius 2 is 1.19 bits per heavy atom. The number of carbonyl (C=O) groups excluding carboxylic acids is 2. The van der Waals surface area contributed by atoms with Gasteiger partial charge in [-0.3, -0.25) is 20.2 Å². The molecule has 0 unspecified atom stereocenters. The lowest BCUT2D eigenvalue weighted by Gasteiger charge is -2.28. The molecule has 8 nitrogen and oxygen atoms in total. The molecule has 0 heterocycles. The van der Waals surface area contributed by atoms with Gasteiger partial charge in [-0.15, -0.1) is 0 Å².